The van der Waals surface area contributed by atoms with Crippen molar-refractivity contribution >= 4 is 33.0 Å². The minimum atomic E-state index is -3.30. The van der Waals surface area contributed by atoms with Gasteiger partial charge >= 0.3 is 0 Å². The van der Waals surface area contributed by atoms with Crippen LogP contribution in [0.4, 0.5) is 5.69 Å². The summed E-state index contributed by atoms with van der Waals surface area (Å²) < 4.78 is 22.3. The lowest BCUT2D eigenvalue weighted by Crippen LogP contribution is -2.13. The Morgan fingerprint density at radius 3 is 2.78 bits per heavy atom. The molecule has 0 fully saturated rings. The fourth-order valence-corrected chi connectivity index (χ4v) is 2.94. The number of sulfone groups is 1. The highest BCUT2D eigenvalue weighted by Gasteiger charge is 2.23. The third kappa shape index (κ3) is 2.82. The van der Waals surface area contributed by atoms with Gasteiger partial charge in [-0.15, -0.1) is 0 Å². The van der Waals surface area contributed by atoms with E-state index in [1.54, 1.807) is 6.07 Å². The van der Waals surface area contributed by atoms with Crippen molar-refractivity contribution < 1.29 is 18.3 Å². The van der Waals surface area contributed by atoms with E-state index >= 15 is 0 Å². The van der Waals surface area contributed by atoms with Gasteiger partial charge in [-0.25, -0.2) is 8.42 Å². The molecule has 0 saturated carbocycles. The summed E-state index contributed by atoms with van der Waals surface area (Å²) in [6.07, 6.45) is 0.0710. The number of fused-ring (bicyclic) bond motifs is 1. The van der Waals surface area contributed by atoms with Crippen molar-refractivity contribution in [1.82, 2.24) is 0 Å². The molecule has 1 aliphatic rings. The van der Waals surface area contributed by atoms with Crippen molar-refractivity contribution in [2.75, 3.05) is 17.3 Å². The molecule has 1 atom stereocenters. The van der Waals surface area contributed by atoms with Crippen LogP contribution in [0.2, 0.25) is 5.02 Å². The summed E-state index contributed by atoms with van der Waals surface area (Å²) in [6, 6.07) is 3.11. The zero-order chi connectivity index (χ0) is 13.5. The Labute approximate surface area is 110 Å². The number of nitrogens with one attached hydrogen (secondary N) is 1. The molecule has 2 N–H and O–H groups in total. The summed E-state index contributed by atoms with van der Waals surface area (Å²) in [7, 11) is -3.30. The molecule has 0 aliphatic carbocycles. The normalized spacial score (nSPS) is 16.3. The number of rotatable bonds is 3. The Kier molecular flexibility index (Phi) is 3.35. The van der Waals surface area contributed by atoms with Crippen molar-refractivity contribution in [2.45, 2.75) is 12.5 Å². The van der Waals surface area contributed by atoms with Crippen molar-refractivity contribution in [1.29, 1.82) is 0 Å². The van der Waals surface area contributed by atoms with Gasteiger partial charge in [-0.2, -0.15) is 0 Å². The molecule has 1 aromatic rings. The van der Waals surface area contributed by atoms with Crippen LogP contribution in [-0.2, 0) is 21.1 Å². The summed E-state index contributed by atoms with van der Waals surface area (Å²) in [4.78, 5) is 11.2. The largest absolute Gasteiger partial charge is 0.387 e. The van der Waals surface area contributed by atoms with Crippen LogP contribution in [0.15, 0.2) is 12.1 Å². The summed E-state index contributed by atoms with van der Waals surface area (Å²) in [5.74, 6) is -0.539. The second-order valence-electron chi connectivity index (χ2n) is 4.36. The molecule has 98 valence electrons. The number of hydrogen-bond acceptors (Lipinski definition) is 4. The molecule has 18 heavy (non-hydrogen) atoms. The molecule has 1 heterocycles. The smallest absolute Gasteiger partial charge is 0.228 e. The first-order valence-electron chi connectivity index (χ1n) is 5.24. The predicted octanol–water partition coefficient (Wildman–Crippen LogP) is 0.913. The third-order valence-electron chi connectivity index (χ3n) is 2.67. The summed E-state index contributed by atoms with van der Waals surface area (Å²) >= 11 is 5.97. The number of halogens is 1. The van der Waals surface area contributed by atoms with Crippen molar-refractivity contribution in [3.8, 4) is 0 Å². The average molecular weight is 290 g/mol. The van der Waals surface area contributed by atoms with Gasteiger partial charge in [0.1, 0.15) is 9.84 Å². The highest BCUT2D eigenvalue weighted by molar-refractivity contribution is 7.90. The summed E-state index contributed by atoms with van der Waals surface area (Å²) in [5, 5.41) is 12.7. The van der Waals surface area contributed by atoms with Gasteiger partial charge in [-0.3, -0.25) is 4.79 Å². The van der Waals surface area contributed by atoms with Crippen LogP contribution in [-0.4, -0.2) is 31.4 Å². The second kappa shape index (κ2) is 4.53. The van der Waals surface area contributed by atoms with E-state index in [0.717, 1.165) is 6.26 Å². The van der Waals surface area contributed by atoms with E-state index in [-0.39, 0.29) is 17.4 Å². The number of hydrogen-bond donors (Lipinski definition) is 2. The van der Waals surface area contributed by atoms with E-state index < -0.39 is 21.7 Å². The van der Waals surface area contributed by atoms with Crippen LogP contribution < -0.4 is 5.32 Å². The summed E-state index contributed by atoms with van der Waals surface area (Å²) in [6.45, 7) is 0. The number of aliphatic hydroxyl groups is 1. The first-order chi connectivity index (χ1) is 8.26. The fourth-order valence-electron chi connectivity index (χ4n) is 1.90. The molecular formula is C11H12ClNO4S. The standard InChI is InChI=1S/C11H12ClNO4S/c1-18(16,17)5-10(14)7-2-6-3-11(15)13-9(6)4-8(7)12/h2,4,10,14H,3,5H2,1H3,(H,13,15). The molecule has 0 radical (unpaired) electrons. The highest BCUT2D eigenvalue weighted by atomic mass is 35.5. The monoisotopic (exact) mass is 289 g/mol. The van der Waals surface area contributed by atoms with Crippen LogP contribution in [0.5, 0.6) is 0 Å². The number of carbonyl (C=O) groups excluding carboxylic acids is 1. The molecule has 0 aromatic heterocycles. The zero-order valence-corrected chi connectivity index (χ0v) is 11.2. The van der Waals surface area contributed by atoms with Gasteiger partial charge in [-0.1, -0.05) is 11.6 Å². The Morgan fingerprint density at radius 2 is 2.17 bits per heavy atom. The van der Waals surface area contributed by atoms with Crippen LogP contribution >= 0.6 is 11.6 Å². The lowest BCUT2D eigenvalue weighted by Gasteiger charge is -2.13. The predicted molar refractivity (Wildman–Crippen MR) is 68.5 cm³/mol. The van der Waals surface area contributed by atoms with E-state index in [2.05, 4.69) is 5.32 Å². The Morgan fingerprint density at radius 1 is 1.50 bits per heavy atom. The molecular weight excluding hydrogens is 278 g/mol. The number of benzene rings is 1. The van der Waals surface area contributed by atoms with E-state index in [0.29, 0.717) is 16.8 Å². The molecule has 7 heteroatoms. The number of aliphatic hydroxyl groups excluding tert-OH is 1. The molecule has 1 aromatic carbocycles. The average Bonchev–Trinajstić information content (AvgIpc) is 2.53. The minimum Gasteiger partial charge on any atom is -0.387 e. The van der Waals surface area contributed by atoms with Crippen molar-refractivity contribution in [3.05, 3.63) is 28.3 Å². The van der Waals surface area contributed by atoms with Gasteiger partial charge in [0, 0.05) is 22.5 Å². The molecule has 0 saturated heterocycles. The SMILES string of the molecule is CS(=O)(=O)CC(O)c1cc2c(cc1Cl)NC(=O)C2. The Hall–Kier alpha value is -1.11. The van der Waals surface area contributed by atoms with E-state index in [1.807, 2.05) is 0 Å². The van der Waals surface area contributed by atoms with Gasteiger partial charge in [0.05, 0.1) is 18.3 Å². The van der Waals surface area contributed by atoms with E-state index in [4.69, 9.17) is 11.6 Å². The van der Waals surface area contributed by atoms with E-state index in [9.17, 15) is 18.3 Å². The summed E-state index contributed by atoms with van der Waals surface area (Å²) in [5.41, 5.74) is 1.66. The lowest BCUT2D eigenvalue weighted by molar-refractivity contribution is -0.115. The third-order valence-corrected chi connectivity index (χ3v) is 3.92. The maximum atomic E-state index is 11.2. The van der Waals surface area contributed by atoms with Gasteiger partial charge in [0.25, 0.3) is 0 Å². The quantitative estimate of drug-likeness (QED) is 0.866. The topological polar surface area (TPSA) is 83.5 Å². The maximum Gasteiger partial charge on any atom is 0.228 e. The van der Waals surface area contributed by atoms with E-state index in [1.165, 1.54) is 6.07 Å². The number of carbonyl (C=O) groups is 1. The molecule has 1 aliphatic heterocycles. The van der Waals surface area contributed by atoms with Crippen molar-refractivity contribution in [2.24, 2.45) is 0 Å². The number of amides is 1. The lowest BCUT2D eigenvalue weighted by atomic mass is 10.0. The van der Waals surface area contributed by atoms with Crippen LogP contribution in [0.25, 0.3) is 0 Å². The van der Waals surface area contributed by atoms with Gasteiger partial charge in [0.15, 0.2) is 0 Å². The van der Waals surface area contributed by atoms with Gasteiger partial charge < -0.3 is 10.4 Å². The van der Waals surface area contributed by atoms with Gasteiger partial charge in [-0.05, 0) is 17.7 Å². The van der Waals surface area contributed by atoms with Crippen LogP contribution in [0, 0.1) is 0 Å². The second-order valence-corrected chi connectivity index (χ2v) is 6.96. The first-order valence-corrected chi connectivity index (χ1v) is 7.68. The van der Waals surface area contributed by atoms with Gasteiger partial charge in [0.2, 0.25) is 5.91 Å². The zero-order valence-electron chi connectivity index (χ0n) is 9.60. The fraction of sp³-hybridized carbons (Fsp3) is 0.364. The molecule has 5 nitrogen and oxygen atoms in total. The van der Waals surface area contributed by atoms with Crippen molar-refractivity contribution in [3.63, 3.8) is 0 Å². The Balaban J connectivity index is 2.35. The number of anilines is 1. The molecule has 0 spiro atoms. The highest BCUT2D eigenvalue weighted by Crippen LogP contribution is 2.33. The molecule has 1 unspecified atom stereocenters. The minimum absolute atomic E-state index is 0.143. The Bertz CT molecular complexity index is 612. The first kappa shape index (κ1) is 13.3. The maximum absolute atomic E-state index is 11.2. The molecule has 1 amide bonds. The molecule has 0 bridgehead atoms. The van der Waals surface area contributed by atoms with Crippen LogP contribution in [0.1, 0.15) is 17.2 Å². The molecule has 2 rings (SSSR count). The van der Waals surface area contributed by atoms with Crippen LogP contribution in [0.3, 0.4) is 0 Å².